The molecule has 2 aromatic carbocycles. The highest BCUT2D eigenvalue weighted by atomic mass is 16.2. The first kappa shape index (κ1) is 22.5. The Kier molecular flexibility index (Phi) is 5.57. The number of aromatic amines is 1. The number of nitrogens with zero attached hydrogens (tertiary/aromatic N) is 5. The van der Waals surface area contributed by atoms with E-state index in [4.69, 9.17) is 9.97 Å². The van der Waals surface area contributed by atoms with Gasteiger partial charge < -0.3 is 19.4 Å². The predicted molar refractivity (Wildman–Crippen MR) is 144 cm³/mol. The maximum atomic E-state index is 12.3. The van der Waals surface area contributed by atoms with Crippen LogP contribution in [0.5, 0.6) is 0 Å². The van der Waals surface area contributed by atoms with Crippen LogP contribution in [0.3, 0.4) is 0 Å². The summed E-state index contributed by atoms with van der Waals surface area (Å²) >= 11 is 0. The summed E-state index contributed by atoms with van der Waals surface area (Å²) in [5.74, 6) is -0.00177. The minimum absolute atomic E-state index is 0.00177. The van der Waals surface area contributed by atoms with Crippen molar-refractivity contribution in [2.75, 3.05) is 34.2 Å². The number of nitrogens with one attached hydrogen (secondary N) is 1. The van der Waals surface area contributed by atoms with Crippen LogP contribution in [0.2, 0.25) is 0 Å². The Morgan fingerprint density at radius 1 is 0.972 bits per heavy atom. The summed E-state index contributed by atoms with van der Waals surface area (Å²) in [5.41, 5.74) is 7.99. The van der Waals surface area contributed by atoms with Crippen LogP contribution in [0.15, 0.2) is 67.3 Å². The number of carbonyl (C=O) groups excluding carboxylic acids is 1. The maximum absolute atomic E-state index is 12.3. The van der Waals surface area contributed by atoms with E-state index in [-0.39, 0.29) is 5.91 Å². The van der Waals surface area contributed by atoms with Crippen LogP contribution in [0.1, 0.15) is 29.2 Å². The highest BCUT2D eigenvalue weighted by molar-refractivity contribution is 5.98. The molecule has 0 bridgehead atoms. The number of benzene rings is 2. The lowest BCUT2D eigenvalue weighted by Gasteiger charge is -2.30. The fourth-order valence-electron chi connectivity index (χ4n) is 5.23. The van der Waals surface area contributed by atoms with Crippen molar-refractivity contribution < 1.29 is 4.79 Å². The van der Waals surface area contributed by atoms with E-state index in [1.807, 2.05) is 43.0 Å². The number of rotatable bonds is 4. The van der Waals surface area contributed by atoms with Crippen molar-refractivity contribution in [1.82, 2.24) is 29.3 Å². The van der Waals surface area contributed by atoms with Gasteiger partial charge in [0.1, 0.15) is 5.65 Å². The van der Waals surface area contributed by atoms with Gasteiger partial charge in [-0.3, -0.25) is 4.79 Å². The first-order valence-electron chi connectivity index (χ1n) is 12.4. The second kappa shape index (κ2) is 8.91. The number of likely N-dealkylation sites (tertiary alicyclic amines) is 1. The predicted octanol–water partition coefficient (Wildman–Crippen LogP) is 5.22. The Morgan fingerprint density at radius 2 is 1.72 bits per heavy atom. The maximum Gasteiger partial charge on any atom is 0.253 e. The van der Waals surface area contributed by atoms with E-state index in [0.29, 0.717) is 11.6 Å². The average molecular weight is 479 g/mol. The zero-order chi connectivity index (χ0) is 24.8. The number of carbonyl (C=O) groups is 1. The number of amides is 1. The summed E-state index contributed by atoms with van der Waals surface area (Å²) in [4.78, 5) is 29.0. The van der Waals surface area contributed by atoms with Crippen molar-refractivity contribution in [3.63, 3.8) is 0 Å². The Bertz CT molecular complexity index is 1550. The highest BCUT2D eigenvalue weighted by Gasteiger charge is 2.20. The zero-order valence-corrected chi connectivity index (χ0v) is 20.9. The van der Waals surface area contributed by atoms with Gasteiger partial charge >= 0.3 is 0 Å². The first-order chi connectivity index (χ1) is 17.5. The van der Waals surface area contributed by atoms with Crippen LogP contribution >= 0.6 is 0 Å². The van der Waals surface area contributed by atoms with Crippen LogP contribution in [0.4, 0.5) is 0 Å². The van der Waals surface area contributed by atoms with Gasteiger partial charge in [-0.15, -0.1) is 0 Å². The number of piperidine rings is 1. The molecule has 3 aromatic heterocycles. The van der Waals surface area contributed by atoms with Crippen molar-refractivity contribution in [1.29, 1.82) is 0 Å². The van der Waals surface area contributed by atoms with Crippen molar-refractivity contribution in [3.8, 4) is 22.3 Å². The molecular weight excluding hydrogens is 448 g/mol. The van der Waals surface area contributed by atoms with Gasteiger partial charge in [-0.2, -0.15) is 0 Å². The normalized spacial score (nSPS) is 15.1. The second-order valence-corrected chi connectivity index (χ2v) is 9.99. The Morgan fingerprint density at radius 3 is 2.47 bits per heavy atom. The van der Waals surface area contributed by atoms with E-state index < -0.39 is 0 Å². The molecule has 0 unspecified atom stereocenters. The van der Waals surface area contributed by atoms with Gasteiger partial charge in [0.2, 0.25) is 0 Å². The summed E-state index contributed by atoms with van der Waals surface area (Å²) in [7, 11) is 5.72. The molecule has 182 valence electrons. The average Bonchev–Trinajstić information content (AvgIpc) is 3.52. The van der Waals surface area contributed by atoms with Gasteiger partial charge in [0.15, 0.2) is 0 Å². The number of fused-ring (bicyclic) bond motifs is 2. The lowest BCUT2D eigenvalue weighted by atomic mass is 10.0. The number of H-pyrrole nitrogens is 1. The standard InChI is InChI=1S/C29H30N6O/c1-33(2)29(36)20-6-4-19(5-7-20)25-17-31-28-24(25)14-22(16-30-28)21-8-9-27-26(15-21)32-18-35(27)23-10-12-34(3)13-11-23/h4-9,14-18,23H,10-13H2,1-3H3,(H,30,31). The SMILES string of the molecule is CN1CCC(n2cnc3cc(-c4cnc5[nH]cc(-c6ccc(C(=O)N(C)C)cc6)c5c4)ccc32)CC1. The number of hydrogen-bond acceptors (Lipinski definition) is 4. The Hall–Kier alpha value is -3.97. The molecule has 0 aliphatic carbocycles. The molecular formula is C29H30N6O. The molecule has 1 N–H and O–H groups in total. The van der Waals surface area contributed by atoms with Gasteiger partial charge in [0, 0.05) is 54.6 Å². The molecule has 1 aliphatic rings. The van der Waals surface area contributed by atoms with Gasteiger partial charge in [0.25, 0.3) is 5.91 Å². The molecule has 6 rings (SSSR count). The third kappa shape index (κ3) is 3.95. The second-order valence-electron chi connectivity index (χ2n) is 9.99. The van der Waals surface area contributed by atoms with Crippen molar-refractivity contribution in [2.24, 2.45) is 0 Å². The molecule has 1 aliphatic heterocycles. The van der Waals surface area contributed by atoms with E-state index in [9.17, 15) is 4.79 Å². The van der Waals surface area contributed by atoms with E-state index in [1.165, 1.54) is 5.52 Å². The molecule has 36 heavy (non-hydrogen) atoms. The quantitative estimate of drug-likeness (QED) is 0.385. The third-order valence-corrected chi connectivity index (χ3v) is 7.37. The molecule has 4 heterocycles. The Labute approximate surface area is 210 Å². The Balaban J connectivity index is 1.33. The van der Waals surface area contributed by atoms with Crippen molar-refractivity contribution in [3.05, 3.63) is 72.8 Å². The zero-order valence-electron chi connectivity index (χ0n) is 20.9. The fraction of sp³-hybridized carbons (Fsp3) is 0.276. The molecule has 0 saturated carbocycles. The van der Waals surface area contributed by atoms with Crippen molar-refractivity contribution in [2.45, 2.75) is 18.9 Å². The number of pyridine rings is 1. The van der Waals surface area contributed by atoms with Gasteiger partial charge in [-0.1, -0.05) is 18.2 Å². The van der Waals surface area contributed by atoms with Crippen LogP contribution in [-0.2, 0) is 0 Å². The molecule has 1 fully saturated rings. The molecule has 1 saturated heterocycles. The minimum atomic E-state index is -0.00177. The monoisotopic (exact) mass is 478 g/mol. The topological polar surface area (TPSA) is 70.0 Å². The van der Waals surface area contributed by atoms with E-state index in [1.54, 1.807) is 19.0 Å². The molecule has 7 heteroatoms. The molecule has 1 amide bonds. The van der Waals surface area contributed by atoms with Crippen LogP contribution < -0.4 is 0 Å². The number of aromatic nitrogens is 4. The van der Waals surface area contributed by atoms with E-state index >= 15 is 0 Å². The number of imidazole rings is 1. The fourth-order valence-corrected chi connectivity index (χ4v) is 5.23. The molecule has 0 spiro atoms. The first-order valence-corrected chi connectivity index (χ1v) is 12.4. The van der Waals surface area contributed by atoms with E-state index in [0.717, 1.165) is 64.7 Å². The smallest absolute Gasteiger partial charge is 0.253 e. The molecule has 5 aromatic rings. The largest absolute Gasteiger partial charge is 0.346 e. The highest BCUT2D eigenvalue weighted by Crippen LogP contribution is 2.33. The summed E-state index contributed by atoms with van der Waals surface area (Å²) in [5, 5.41) is 1.05. The van der Waals surface area contributed by atoms with Gasteiger partial charge in [-0.25, -0.2) is 9.97 Å². The lowest BCUT2D eigenvalue weighted by molar-refractivity contribution is 0.0827. The third-order valence-electron chi connectivity index (χ3n) is 7.37. The molecule has 7 nitrogen and oxygen atoms in total. The van der Waals surface area contributed by atoms with Crippen molar-refractivity contribution >= 4 is 28.0 Å². The summed E-state index contributed by atoms with van der Waals surface area (Å²) in [6.07, 6.45) is 8.21. The minimum Gasteiger partial charge on any atom is -0.346 e. The molecule has 0 atom stereocenters. The lowest BCUT2D eigenvalue weighted by Crippen LogP contribution is -2.31. The van der Waals surface area contributed by atoms with Crippen LogP contribution in [0.25, 0.3) is 44.3 Å². The number of hydrogen-bond donors (Lipinski definition) is 1. The summed E-state index contributed by atoms with van der Waals surface area (Å²) in [6.45, 7) is 2.25. The summed E-state index contributed by atoms with van der Waals surface area (Å²) < 4.78 is 2.35. The summed E-state index contributed by atoms with van der Waals surface area (Å²) in [6, 6.07) is 17.0. The van der Waals surface area contributed by atoms with Crippen LogP contribution in [-0.4, -0.2) is 69.5 Å². The van der Waals surface area contributed by atoms with Crippen LogP contribution in [0, 0.1) is 0 Å². The molecule has 0 radical (unpaired) electrons. The van der Waals surface area contributed by atoms with Gasteiger partial charge in [-0.05, 0) is 74.4 Å². The van der Waals surface area contributed by atoms with Gasteiger partial charge in [0.05, 0.1) is 17.4 Å². The van der Waals surface area contributed by atoms with E-state index in [2.05, 4.69) is 45.8 Å².